The Kier molecular flexibility index (Phi) is 4.51. The van der Waals surface area contributed by atoms with E-state index in [1.54, 1.807) is 27.7 Å². The van der Waals surface area contributed by atoms with Crippen LogP contribution in [0, 0.1) is 0 Å². The third kappa shape index (κ3) is 3.15. The lowest BCUT2D eigenvalue weighted by Crippen LogP contribution is -2.54. The highest BCUT2D eigenvalue weighted by Gasteiger charge is 2.71. The van der Waals surface area contributed by atoms with Crippen LogP contribution in [-0.2, 0) is 14.9 Å². The minimum Gasteiger partial charge on any atom is -0.399 e. The number of benzene rings is 1. The van der Waals surface area contributed by atoms with Gasteiger partial charge in [-0.2, -0.15) is 26.3 Å². The SMILES string of the molecule is CC1(C)OB(c2ccc(C(O)(C(F)(F)F)C(F)(F)F)cc2)OC1(C)C. The van der Waals surface area contributed by atoms with Gasteiger partial charge < -0.3 is 14.4 Å². The Morgan fingerprint density at radius 2 is 1.16 bits per heavy atom. The van der Waals surface area contributed by atoms with E-state index >= 15 is 0 Å². The summed E-state index contributed by atoms with van der Waals surface area (Å²) in [7, 11) is -0.941. The van der Waals surface area contributed by atoms with Crippen LogP contribution in [0.4, 0.5) is 26.3 Å². The van der Waals surface area contributed by atoms with E-state index in [4.69, 9.17) is 9.31 Å². The van der Waals surface area contributed by atoms with Gasteiger partial charge in [0.15, 0.2) is 0 Å². The second kappa shape index (κ2) is 5.62. The van der Waals surface area contributed by atoms with Gasteiger partial charge in [0.25, 0.3) is 5.60 Å². The van der Waals surface area contributed by atoms with Crippen LogP contribution in [0.2, 0.25) is 0 Å². The van der Waals surface area contributed by atoms with Gasteiger partial charge in [-0.3, -0.25) is 0 Å². The maximum absolute atomic E-state index is 12.9. The van der Waals surface area contributed by atoms with Gasteiger partial charge in [0.2, 0.25) is 0 Å². The molecule has 0 unspecified atom stereocenters. The Bertz CT molecular complexity index is 606. The van der Waals surface area contributed by atoms with Crippen LogP contribution in [0.1, 0.15) is 33.3 Å². The van der Waals surface area contributed by atoms with Gasteiger partial charge in [-0.1, -0.05) is 24.3 Å². The number of aliphatic hydroxyl groups is 1. The summed E-state index contributed by atoms with van der Waals surface area (Å²) in [5.41, 5.74) is -7.46. The molecule has 0 radical (unpaired) electrons. The number of rotatable bonds is 2. The lowest BCUT2D eigenvalue weighted by atomic mass is 9.77. The molecule has 1 heterocycles. The van der Waals surface area contributed by atoms with E-state index in [2.05, 4.69) is 0 Å². The molecule has 1 saturated heterocycles. The van der Waals surface area contributed by atoms with Crippen molar-refractivity contribution in [2.45, 2.75) is 56.9 Å². The Labute approximate surface area is 141 Å². The first-order chi connectivity index (χ1) is 11.0. The molecule has 1 fully saturated rings. The van der Waals surface area contributed by atoms with E-state index < -0.39 is 41.8 Å². The monoisotopic (exact) mass is 370 g/mol. The lowest BCUT2D eigenvalue weighted by molar-refractivity contribution is -0.376. The van der Waals surface area contributed by atoms with Gasteiger partial charge in [-0.05, 0) is 33.2 Å². The van der Waals surface area contributed by atoms with Crippen molar-refractivity contribution in [2.24, 2.45) is 0 Å². The molecule has 3 nitrogen and oxygen atoms in total. The predicted octanol–water partition coefficient (Wildman–Crippen LogP) is 3.30. The highest BCUT2D eigenvalue weighted by Crippen LogP contribution is 2.49. The Hall–Kier alpha value is -1.26. The van der Waals surface area contributed by atoms with Crippen LogP contribution in [0.25, 0.3) is 0 Å². The van der Waals surface area contributed by atoms with Crippen LogP contribution in [0.3, 0.4) is 0 Å². The van der Waals surface area contributed by atoms with Crippen LogP contribution in [-0.4, -0.2) is 35.8 Å². The third-order valence-corrected chi connectivity index (χ3v) is 4.67. The molecular formula is C15H17BF6O3. The second-order valence-electron chi connectivity index (χ2n) is 6.92. The van der Waals surface area contributed by atoms with Gasteiger partial charge in [0, 0.05) is 5.56 Å². The highest BCUT2D eigenvalue weighted by molar-refractivity contribution is 6.62. The summed E-state index contributed by atoms with van der Waals surface area (Å²) < 4.78 is 88.6. The van der Waals surface area contributed by atoms with E-state index in [1.807, 2.05) is 0 Å². The van der Waals surface area contributed by atoms with Gasteiger partial charge in [0.05, 0.1) is 11.2 Å². The molecular weight excluding hydrogens is 353 g/mol. The smallest absolute Gasteiger partial charge is 0.399 e. The zero-order chi connectivity index (χ0) is 19.5. The highest BCUT2D eigenvalue weighted by atomic mass is 19.4. The van der Waals surface area contributed by atoms with Crippen molar-refractivity contribution in [3.63, 3.8) is 0 Å². The van der Waals surface area contributed by atoms with E-state index in [9.17, 15) is 31.4 Å². The number of alkyl halides is 6. The first-order valence-electron chi connectivity index (χ1n) is 7.35. The van der Waals surface area contributed by atoms with Crippen molar-refractivity contribution in [1.82, 2.24) is 0 Å². The largest absolute Gasteiger partial charge is 0.494 e. The molecule has 0 saturated carbocycles. The number of hydrogen-bond acceptors (Lipinski definition) is 3. The fourth-order valence-corrected chi connectivity index (χ4v) is 2.35. The molecule has 0 atom stereocenters. The summed E-state index contributed by atoms with van der Waals surface area (Å²) in [6.07, 6.45) is -11.8. The molecule has 0 aromatic heterocycles. The van der Waals surface area contributed by atoms with Crippen molar-refractivity contribution in [3.8, 4) is 0 Å². The molecule has 140 valence electrons. The minimum atomic E-state index is -5.92. The summed E-state index contributed by atoms with van der Waals surface area (Å²) in [4.78, 5) is 0. The van der Waals surface area contributed by atoms with Gasteiger partial charge in [-0.15, -0.1) is 0 Å². The van der Waals surface area contributed by atoms with Crippen LogP contribution < -0.4 is 5.46 Å². The number of hydrogen-bond donors (Lipinski definition) is 1. The van der Waals surface area contributed by atoms with Crippen molar-refractivity contribution in [3.05, 3.63) is 29.8 Å². The van der Waals surface area contributed by atoms with Gasteiger partial charge >= 0.3 is 19.5 Å². The van der Waals surface area contributed by atoms with Crippen molar-refractivity contribution in [2.75, 3.05) is 0 Å². The quantitative estimate of drug-likeness (QED) is 0.642. The summed E-state index contributed by atoms with van der Waals surface area (Å²) in [5.74, 6) is 0. The average molecular weight is 370 g/mol. The summed E-state index contributed by atoms with van der Waals surface area (Å²) >= 11 is 0. The second-order valence-corrected chi connectivity index (χ2v) is 6.92. The molecule has 2 rings (SSSR count). The molecule has 1 aliphatic rings. The Morgan fingerprint density at radius 1 is 0.800 bits per heavy atom. The average Bonchev–Trinajstić information content (AvgIpc) is 2.64. The maximum Gasteiger partial charge on any atom is 0.494 e. The van der Waals surface area contributed by atoms with Crippen LogP contribution in [0.15, 0.2) is 24.3 Å². The fourth-order valence-electron chi connectivity index (χ4n) is 2.35. The minimum absolute atomic E-state index is 0.245. The topological polar surface area (TPSA) is 38.7 Å². The van der Waals surface area contributed by atoms with Gasteiger partial charge in [-0.25, -0.2) is 0 Å². The third-order valence-electron chi connectivity index (χ3n) is 4.67. The molecule has 1 aliphatic heterocycles. The number of halogens is 6. The van der Waals surface area contributed by atoms with Crippen molar-refractivity contribution in [1.29, 1.82) is 0 Å². The molecule has 1 aromatic rings. The molecule has 10 heteroatoms. The lowest BCUT2D eigenvalue weighted by Gasteiger charge is -2.32. The molecule has 1 aromatic carbocycles. The van der Waals surface area contributed by atoms with Crippen molar-refractivity contribution >= 4 is 12.6 Å². The molecule has 0 bridgehead atoms. The standard InChI is InChI=1S/C15H17BF6O3/c1-11(2)12(3,4)25-16(24-11)10-7-5-9(6-8-10)13(23,14(17,18)19)15(20,21)22/h5-8,23H,1-4H3. The normalized spacial score (nSPS) is 20.8. The first-order valence-corrected chi connectivity index (χ1v) is 7.35. The molecule has 0 aliphatic carbocycles. The summed E-state index contributed by atoms with van der Waals surface area (Å²) in [5, 5.41) is 9.37. The van der Waals surface area contributed by atoms with E-state index in [-0.39, 0.29) is 5.46 Å². The van der Waals surface area contributed by atoms with Gasteiger partial charge in [0.1, 0.15) is 0 Å². The van der Waals surface area contributed by atoms with E-state index in [0.717, 1.165) is 12.1 Å². The molecule has 1 N–H and O–H groups in total. The molecule has 25 heavy (non-hydrogen) atoms. The zero-order valence-corrected chi connectivity index (χ0v) is 13.9. The maximum atomic E-state index is 12.9. The van der Waals surface area contributed by atoms with Crippen molar-refractivity contribution < 1.29 is 40.8 Å². The molecule has 0 spiro atoms. The summed E-state index contributed by atoms with van der Waals surface area (Å²) in [6, 6.07) is 3.17. The zero-order valence-electron chi connectivity index (χ0n) is 13.9. The van der Waals surface area contributed by atoms with E-state index in [1.165, 1.54) is 0 Å². The Morgan fingerprint density at radius 3 is 1.48 bits per heavy atom. The van der Waals surface area contributed by atoms with E-state index in [0.29, 0.717) is 12.1 Å². The van der Waals surface area contributed by atoms with Crippen LogP contribution >= 0.6 is 0 Å². The predicted molar refractivity (Wildman–Crippen MR) is 78.2 cm³/mol. The summed E-state index contributed by atoms with van der Waals surface area (Å²) in [6.45, 7) is 7.03. The van der Waals surface area contributed by atoms with Crippen LogP contribution in [0.5, 0.6) is 0 Å². The Balaban J connectivity index is 2.38. The fraction of sp³-hybridized carbons (Fsp3) is 0.600. The first kappa shape index (κ1) is 20.1. The molecule has 0 amide bonds.